The second-order valence-corrected chi connectivity index (χ2v) is 6.04. The molecule has 1 saturated heterocycles. The molecule has 0 unspecified atom stereocenters. The zero-order valence-electron chi connectivity index (χ0n) is 11.8. The van der Waals surface area contributed by atoms with Crippen LogP contribution >= 0.6 is 0 Å². The molecule has 1 heterocycles. The monoisotopic (exact) mass is 256 g/mol. The summed E-state index contributed by atoms with van der Waals surface area (Å²) in [4.78, 5) is 4.67. The second-order valence-electron chi connectivity index (χ2n) is 6.04. The van der Waals surface area contributed by atoms with Crippen LogP contribution < -0.4 is 0 Å². The zero-order chi connectivity index (χ0) is 13.0. The minimum absolute atomic E-state index is 0.332. The zero-order valence-corrected chi connectivity index (χ0v) is 11.8. The number of β-amino-alcohol motifs (C(OH)–C–C–N with tert-alkyl or cyclic N) is 1. The lowest BCUT2D eigenvalue weighted by molar-refractivity contribution is -0.0349. The summed E-state index contributed by atoms with van der Waals surface area (Å²) in [5.74, 6) is 0.667. The maximum Gasteiger partial charge on any atom is 0.0900 e. The van der Waals surface area contributed by atoms with Crippen LogP contribution in [0.1, 0.15) is 26.2 Å². The van der Waals surface area contributed by atoms with Gasteiger partial charge in [-0.3, -0.25) is 4.90 Å². The van der Waals surface area contributed by atoms with Crippen LogP contribution in [0.2, 0.25) is 0 Å². The van der Waals surface area contributed by atoms with E-state index < -0.39 is 0 Å². The van der Waals surface area contributed by atoms with Crippen molar-refractivity contribution in [1.82, 2.24) is 9.80 Å². The molecule has 0 bridgehead atoms. The SMILES string of the molecule is C[C@H]1CCC[C@@H]1OC[C@H](O)CN1CCN(C)CC1. The van der Waals surface area contributed by atoms with Crippen LogP contribution in [0.5, 0.6) is 0 Å². The normalized spacial score (nSPS) is 32.8. The smallest absolute Gasteiger partial charge is 0.0900 e. The van der Waals surface area contributed by atoms with Crippen LogP contribution in [-0.2, 0) is 4.74 Å². The Morgan fingerprint density at radius 1 is 1.22 bits per heavy atom. The summed E-state index contributed by atoms with van der Waals surface area (Å²) in [6.45, 7) is 7.85. The van der Waals surface area contributed by atoms with E-state index >= 15 is 0 Å². The van der Waals surface area contributed by atoms with Crippen molar-refractivity contribution in [2.45, 2.75) is 38.4 Å². The number of hydrogen-bond acceptors (Lipinski definition) is 4. The summed E-state index contributed by atoms with van der Waals surface area (Å²) >= 11 is 0. The van der Waals surface area contributed by atoms with Crippen LogP contribution in [0, 0.1) is 5.92 Å². The predicted molar refractivity (Wildman–Crippen MR) is 72.7 cm³/mol. The van der Waals surface area contributed by atoms with Gasteiger partial charge in [-0.1, -0.05) is 13.3 Å². The molecule has 4 heteroatoms. The van der Waals surface area contributed by atoms with E-state index in [0.29, 0.717) is 18.6 Å². The van der Waals surface area contributed by atoms with E-state index in [9.17, 15) is 5.11 Å². The molecule has 2 aliphatic rings. The van der Waals surface area contributed by atoms with Crippen molar-refractivity contribution in [2.24, 2.45) is 5.92 Å². The van der Waals surface area contributed by atoms with Crippen molar-refractivity contribution in [2.75, 3.05) is 46.4 Å². The fourth-order valence-corrected chi connectivity index (χ4v) is 2.97. The Labute approximate surface area is 111 Å². The van der Waals surface area contributed by atoms with Gasteiger partial charge in [0.1, 0.15) is 0 Å². The number of likely N-dealkylation sites (N-methyl/N-ethyl adjacent to an activating group) is 1. The molecule has 0 aromatic carbocycles. The van der Waals surface area contributed by atoms with Gasteiger partial charge >= 0.3 is 0 Å². The third-order valence-corrected chi connectivity index (χ3v) is 4.35. The molecule has 0 aromatic heterocycles. The van der Waals surface area contributed by atoms with Gasteiger partial charge in [0.05, 0.1) is 18.8 Å². The quantitative estimate of drug-likeness (QED) is 0.789. The Kier molecular flexibility index (Phi) is 5.42. The summed E-state index contributed by atoms with van der Waals surface area (Å²) < 4.78 is 5.85. The lowest BCUT2D eigenvalue weighted by Crippen LogP contribution is -2.47. The molecule has 1 aliphatic carbocycles. The first kappa shape index (κ1) is 14.3. The third kappa shape index (κ3) is 4.19. The topological polar surface area (TPSA) is 35.9 Å². The lowest BCUT2D eigenvalue weighted by Gasteiger charge is -2.33. The average Bonchev–Trinajstić information content (AvgIpc) is 2.75. The average molecular weight is 256 g/mol. The van der Waals surface area contributed by atoms with Crippen LogP contribution in [-0.4, -0.2) is 73.5 Å². The molecule has 0 spiro atoms. The molecule has 1 saturated carbocycles. The summed E-state index contributed by atoms with van der Waals surface area (Å²) in [5, 5.41) is 10.0. The molecule has 18 heavy (non-hydrogen) atoms. The van der Waals surface area contributed by atoms with E-state index in [1.54, 1.807) is 0 Å². The van der Waals surface area contributed by atoms with Gasteiger partial charge in [0, 0.05) is 32.7 Å². The number of rotatable bonds is 5. The molecular weight excluding hydrogens is 228 g/mol. The Hall–Kier alpha value is -0.160. The van der Waals surface area contributed by atoms with Gasteiger partial charge in [0.2, 0.25) is 0 Å². The van der Waals surface area contributed by atoms with E-state index in [4.69, 9.17) is 4.74 Å². The largest absolute Gasteiger partial charge is 0.389 e. The fraction of sp³-hybridized carbons (Fsp3) is 1.00. The molecule has 0 aromatic rings. The van der Waals surface area contributed by atoms with E-state index in [0.717, 1.165) is 32.7 Å². The third-order valence-electron chi connectivity index (χ3n) is 4.35. The Balaban J connectivity index is 1.61. The van der Waals surface area contributed by atoms with E-state index in [1.165, 1.54) is 19.3 Å². The predicted octanol–water partition coefficient (Wildman–Crippen LogP) is 0.800. The summed E-state index contributed by atoms with van der Waals surface area (Å²) in [6.07, 6.45) is 3.77. The highest BCUT2D eigenvalue weighted by molar-refractivity contribution is 4.76. The van der Waals surface area contributed by atoms with Crippen LogP contribution in [0.25, 0.3) is 0 Å². The minimum Gasteiger partial charge on any atom is -0.389 e. The number of piperazine rings is 1. The van der Waals surface area contributed by atoms with Crippen molar-refractivity contribution in [3.63, 3.8) is 0 Å². The number of hydrogen-bond donors (Lipinski definition) is 1. The summed E-state index contributed by atoms with van der Waals surface area (Å²) in [5.41, 5.74) is 0. The Morgan fingerprint density at radius 3 is 2.56 bits per heavy atom. The van der Waals surface area contributed by atoms with E-state index in [-0.39, 0.29) is 6.10 Å². The van der Waals surface area contributed by atoms with E-state index in [2.05, 4.69) is 23.8 Å². The highest BCUT2D eigenvalue weighted by Gasteiger charge is 2.25. The molecule has 106 valence electrons. The van der Waals surface area contributed by atoms with Crippen LogP contribution in [0.4, 0.5) is 0 Å². The van der Waals surface area contributed by atoms with Gasteiger partial charge in [0.25, 0.3) is 0 Å². The second kappa shape index (κ2) is 6.85. The molecule has 2 rings (SSSR count). The highest BCUT2D eigenvalue weighted by Crippen LogP contribution is 2.27. The van der Waals surface area contributed by atoms with Crippen molar-refractivity contribution in [3.8, 4) is 0 Å². The molecule has 4 nitrogen and oxygen atoms in total. The molecule has 3 atom stereocenters. The maximum atomic E-state index is 10.0. The van der Waals surface area contributed by atoms with Crippen molar-refractivity contribution in [3.05, 3.63) is 0 Å². The minimum atomic E-state index is -0.332. The van der Waals surface area contributed by atoms with Gasteiger partial charge in [-0.2, -0.15) is 0 Å². The Bertz CT molecular complexity index is 242. The first-order valence-electron chi connectivity index (χ1n) is 7.35. The Morgan fingerprint density at radius 2 is 1.94 bits per heavy atom. The summed E-state index contributed by atoms with van der Waals surface area (Å²) in [7, 11) is 2.15. The van der Waals surface area contributed by atoms with Gasteiger partial charge in [-0.25, -0.2) is 0 Å². The van der Waals surface area contributed by atoms with Gasteiger partial charge in [0.15, 0.2) is 0 Å². The standard InChI is InChI=1S/C14H28N2O2/c1-12-4-3-5-14(12)18-11-13(17)10-16-8-6-15(2)7-9-16/h12-14,17H,3-11H2,1-2H3/t12-,13+,14-/m0/s1. The van der Waals surface area contributed by atoms with Gasteiger partial charge in [-0.15, -0.1) is 0 Å². The van der Waals surface area contributed by atoms with Gasteiger partial charge in [-0.05, 0) is 25.8 Å². The molecule has 1 aliphatic heterocycles. The maximum absolute atomic E-state index is 10.0. The molecular formula is C14H28N2O2. The van der Waals surface area contributed by atoms with Crippen molar-refractivity contribution in [1.29, 1.82) is 0 Å². The van der Waals surface area contributed by atoms with Crippen LogP contribution in [0.3, 0.4) is 0 Å². The molecule has 1 N–H and O–H groups in total. The fourth-order valence-electron chi connectivity index (χ4n) is 2.97. The van der Waals surface area contributed by atoms with E-state index in [1.807, 2.05) is 0 Å². The van der Waals surface area contributed by atoms with Crippen LogP contribution in [0.15, 0.2) is 0 Å². The molecule has 0 radical (unpaired) electrons. The lowest BCUT2D eigenvalue weighted by atomic mass is 10.1. The van der Waals surface area contributed by atoms with Crippen molar-refractivity contribution < 1.29 is 9.84 Å². The molecule has 0 amide bonds. The number of aliphatic hydroxyl groups is 1. The molecule has 2 fully saturated rings. The highest BCUT2D eigenvalue weighted by atomic mass is 16.5. The number of ether oxygens (including phenoxy) is 1. The first-order valence-corrected chi connectivity index (χ1v) is 7.35. The number of nitrogens with zero attached hydrogens (tertiary/aromatic N) is 2. The summed E-state index contributed by atoms with van der Waals surface area (Å²) in [6, 6.07) is 0. The first-order chi connectivity index (χ1) is 8.65. The van der Waals surface area contributed by atoms with Crippen molar-refractivity contribution >= 4 is 0 Å². The number of aliphatic hydroxyl groups excluding tert-OH is 1. The van der Waals surface area contributed by atoms with Gasteiger partial charge < -0.3 is 14.7 Å².